The zero-order valence-electron chi connectivity index (χ0n) is 12.6. The van der Waals surface area contributed by atoms with E-state index in [4.69, 9.17) is 5.11 Å². The van der Waals surface area contributed by atoms with E-state index in [0.717, 1.165) is 0 Å². The number of carbonyl (C=O) groups excluding carboxylic acids is 2. The molecule has 0 aliphatic carbocycles. The van der Waals surface area contributed by atoms with Gasteiger partial charge >= 0.3 is 18.0 Å². The van der Waals surface area contributed by atoms with Crippen molar-refractivity contribution in [2.24, 2.45) is 0 Å². The number of hydrogen-bond donors (Lipinski definition) is 1. The first kappa shape index (κ1) is 17.2. The van der Waals surface area contributed by atoms with Crippen molar-refractivity contribution in [3.8, 4) is 0 Å². The number of carbonyl (C=O) groups is 3. The number of ether oxygens (including phenoxy) is 1. The molecule has 0 bridgehead atoms. The van der Waals surface area contributed by atoms with E-state index < -0.39 is 5.97 Å². The number of nitrogens with zero attached hydrogens (tertiary/aromatic N) is 3. The van der Waals surface area contributed by atoms with Gasteiger partial charge in [-0.3, -0.25) is 14.5 Å². The number of rotatable bonds is 6. The first-order chi connectivity index (χ1) is 9.97. The summed E-state index contributed by atoms with van der Waals surface area (Å²) in [6, 6.07) is -0.243. The van der Waals surface area contributed by atoms with Gasteiger partial charge in [0.25, 0.3) is 0 Å². The molecule has 1 fully saturated rings. The van der Waals surface area contributed by atoms with Crippen molar-refractivity contribution in [3.63, 3.8) is 0 Å². The number of carboxylic acids is 1. The topological polar surface area (TPSA) is 90.4 Å². The van der Waals surface area contributed by atoms with E-state index in [1.54, 1.807) is 11.8 Å². The van der Waals surface area contributed by atoms with Crippen molar-refractivity contribution in [1.82, 2.24) is 14.7 Å². The number of aliphatic carboxylic acids is 1. The molecule has 0 aromatic rings. The molecule has 1 rings (SSSR count). The third-order valence-corrected chi connectivity index (χ3v) is 3.48. The maximum Gasteiger partial charge on any atom is 0.323 e. The maximum absolute atomic E-state index is 12.2. The fourth-order valence-corrected chi connectivity index (χ4v) is 2.19. The molecular weight excluding hydrogens is 278 g/mol. The van der Waals surface area contributed by atoms with E-state index >= 15 is 0 Å². The summed E-state index contributed by atoms with van der Waals surface area (Å²) in [5.41, 5.74) is 0. The summed E-state index contributed by atoms with van der Waals surface area (Å²) in [7, 11) is 1.36. The second kappa shape index (κ2) is 8.46. The summed E-state index contributed by atoms with van der Waals surface area (Å²) in [6.07, 6.45) is 0.338. The van der Waals surface area contributed by atoms with Gasteiger partial charge in [-0.05, 0) is 6.92 Å². The third kappa shape index (κ3) is 5.58. The molecule has 1 saturated heterocycles. The highest BCUT2D eigenvalue weighted by Crippen LogP contribution is 2.06. The van der Waals surface area contributed by atoms with E-state index in [2.05, 4.69) is 9.64 Å². The number of urea groups is 1. The summed E-state index contributed by atoms with van der Waals surface area (Å²) in [5.74, 6) is -1.26. The predicted octanol–water partition coefficient (Wildman–Crippen LogP) is -0.306. The first-order valence-electron chi connectivity index (χ1n) is 7.02. The number of carboxylic acid groups (broad SMARTS) is 1. The molecular formula is C13H23N3O5. The van der Waals surface area contributed by atoms with Gasteiger partial charge < -0.3 is 19.6 Å². The lowest BCUT2D eigenvalue weighted by atomic mass is 10.3. The van der Waals surface area contributed by atoms with Crippen LogP contribution in [-0.4, -0.2) is 90.7 Å². The minimum absolute atomic E-state index is 0.243. The molecule has 0 radical (unpaired) electrons. The fraction of sp³-hybridized carbons (Fsp3) is 0.769. The monoisotopic (exact) mass is 301 g/mol. The zero-order chi connectivity index (χ0) is 15.8. The SMILES string of the molecule is CCN(CC(=O)O)C(=O)N1CCN(CCC(=O)OC)CC1. The van der Waals surface area contributed by atoms with Crippen molar-refractivity contribution >= 4 is 18.0 Å². The lowest BCUT2D eigenvalue weighted by molar-refractivity contribution is -0.141. The Kier molecular flexibility index (Phi) is 6.93. The van der Waals surface area contributed by atoms with Crippen LogP contribution in [0.2, 0.25) is 0 Å². The molecule has 0 aromatic heterocycles. The largest absolute Gasteiger partial charge is 0.480 e. The van der Waals surface area contributed by atoms with Crippen molar-refractivity contribution in [3.05, 3.63) is 0 Å². The summed E-state index contributed by atoms with van der Waals surface area (Å²) >= 11 is 0. The van der Waals surface area contributed by atoms with Gasteiger partial charge in [0, 0.05) is 39.3 Å². The van der Waals surface area contributed by atoms with Gasteiger partial charge in [-0.25, -0.2) is 4.79 Å². The molecule has 0 saturated carbocycles. The highest BCUT2D eigenvalue weighted by atomic mass is 16.5. The van der Waals surface area contributed by atoms with Crippen LogP contribution in [-0.2, 0) is 14.3 Å². The molecule has 1 aliphatic heterocycles. The Morgan fingerprint density at radius 3 is 2.29 bits per heavy atom. The van der Waals surface area contributed by atoms with Gasteiger partial charge in [0.1, 0.15) is 6.54 Å². The van der Waals surface area contributed by atoms with Gasteiger partial charge in [0.05, 0.1) is 13.5 Å². The lowest BCUT2D eigenvalue weighted by Gasteiger charge is -2.36. The Morgan fingerprint density at radius 1 is 1.19 bits per heavy atom. The Morgan fingerprint density at radius 2 is 1.81 bits per heavy atom. The standard InChI is InChI=1S/C13H23N3O5/c1-3-15(10-11(17)18)13(20)16-8-6-14(7-9-16)5-4-12(19)21-2/h3-10H2,1-2H3,(H,17,18). The van der Waals surface area contributed by atoms with Crippen LogP contribution >= 0.6 is 0 Å². The van der Waals surface area contributed by atoms with E-state index in [1.807, 2.05) is 0 Å². The molecule has 8 nitrogen and oxygen atoms in total. The fourth-order valence-electron chi connectivity index (χ4n) is 2.19. The van der Waals surface area contributed by atoms with Crippen LogP contribution in [0.25, 0.3) is 0 Å². The Bertz CT molecular complexity index is 380. The van der Waals surface area contributed by atoms with Crippen molar-refractivity contribution in [2.45, 2.75) is 13.3 Å². The first-order valence-corrected chi connectivity index (χ1v) is 7.02. The summed E-state index contributed by atoms with van der Waals surface area (Å²) in [4.78, 5) is 39.0. The van der Waals surface area contributed by atoms with Gasteiger partial charge in [-0.1, -0.05) is 0 Å². The van der Waals surface area contributed by atoms with E-state index in [-0.39, 0.29) is 18.5 Å². The second-order valence-electron chi connectivity index (χ2n) is 4.85. The maximum atomic E-state index is 12.2. The number of likely N-dealkylation sites (N-methyl/N-ethyl adjacent to an activating group) is 1. The minimum atomic E-state index is -1.01. The lowest BCUT2D eigenvalue weighted by Crippen LogP contribution is -2.53. The van der Waals surface area contributed by atoms with Crippen LogP contribution in [0.15, 0.2) is 0 Å². The molecule has 1 N–H and O–H groups in total. The molecule has 21 heavy (non-hydrogen) atoms. The van der Waals surface area contributed by atoms with Crippen LogP contribution in [0.3, 0.4) is 0 Å². The molecule has 1 heterocycles. The zero-order valence-corrected chi connectivity index (χ0v) is 12.6. The van der Waals surface area contributed by atoms with Gasteiger partial charge in [0.15, 0.2) is 0 Å². The average molecular weight is 301 g/mol. The smallest absolute Gasteiger partial charge is 0.323 e. The van der Waals surface area contributed by atoms with Gasteiger partial charge in [0.2, 0.25) is 0 Å². The van der Waals surface area contributed by atoms with Crippen molar-refractivity contribution < 1.29 is 24.2 Å². The molecule has 0 unspecified atom stereocenters. The van der Waals surface area contributed by atoms with E-state index in [1.165, 1.54) is 12.0 Å². The van der Waals surface area contributed by atoms with Crippen molar-refractivity contribution in [1.29, 1.82) is 0 Å². The number of esters is 1. The van der Waals surface area contributed by atoms with Crippen LogP contribution in [0.4, 0.5) is 4.79 Å². The summed E-state index contributed by atoms with van der Waals surface area (Å²) < 4.78 is 4.59. The molecule has 0 atom stereocenters. The molecule has 0 aromatic carbocycles. The predicted molar refractivity (Wildman–Crippen MR) is 74.9 cm³/mol. The molecule has 0 spiro atoms. The molecule has 120 valence electrons. The molecule has 8 heteroatoms. The van der Waals surface area contributed by atoms with Gasteiger partial charge in [-0.15, -0.1) is 0 Å². The number of amides is 2. The number of hydrogen-bond acceptors (Lipinski definition) is 5. The normalized spacial score (nSPS) is 15.6. The minimum Gasteiger partial charge on any atom is -0.480 e. The highest BCUT2D eigenvalue weighted by Gasteiger charge is 2.25. The Hall–Kier alpha value is -1.83. The highest BCUT2D eigenvalue weighted by molar-refractivity contribution is 5.80. The second-order valence-corrected chi connectivity index (χ2v) is 4.85. The quantitative estimate of drug-likeness (QED) is 0.677. The van der Waals surface area contributed by atoms with Crippen LogP contribution in [0, 0.1) is 0 Å². The third-order valence-electron chi connectivity index (χ3n) is 3.48. The summed E-state index contributed by atoms with van der Waals surface area (Å²) in [5, 5.41) is 8.79. The Labute approximate surface area is 124 Å². The van der Waals surface area contributed by atoms with E-state index in [9.17, 15) is 14.4 Å². The van der Waals surface area contributed by atoms with Crippen molar-refractivity contribution in [2.75, 3.05) is 52.9 Å². The summed E-state index contributed by atoms with van der Waals surface area (Å²) in [6.45, 7) is 4.88. The average Bonchev–Trinajstić information content (AvgIpc) is 2.49. The van der Waals surface area contributed by atoms with Crippen LogP contribution < -0.4 is 0 Å². The van der Waals surface area contributed by atoms with Crippen LogP contribution in [0.5, 0.6) is 0 Å². The number of piperazine rings is 1. The van der Waals surface area contributed by atoms with Crippen LogP contribution in [0.1, 0.15) is 13.3 Å². The number of methoxy groups -OCH3 is 1. The van der Waals surface area contributed by atoms with E-state index in [0.29, 0.717) is 45.7 Å². The molecule has 2 amide bonds. The molecule has 1 aliphatic rings. The Balaban J connectivity index is 2.39. The van der Waals surface area contributed by atoms with Gasteiger partial charge in [-0.2, -0.15) is 0 Å².